The van der Waals surface area contributed by atoms with E-state index >= 15 is 0 Å². The maximum absolute atomic E-state index is 4.57. The number of nitrogens with one attached hydrogen (secondary N) is 2. The number of hydrogen-bond donors (Lipinski definition) is 2. The molecule has 1 aliphatic rings. The molecule has 0 atom stereocenters. The highest BCUT2D eigenvalue weighted by atomic mass is 15.3. The number of nitrogens with zero attached hydrogens (tertiary/aromatic N) is 2. The second-order valence-electron chi connectivity index (χ2n) is 7.84. The summed E-state index contributed by atoms with van der Waals surface area (Å²) in [6, 6.07) is 23.7. The molecule has 1 aromatic heterocycles. The van der Waals surface area contributed by atoms with Crippen LogP contribution in [0.15, 0.2) is 72.9 Å². The highest BCUT2D eigenvalue weighted by Gasteiger charge is 2.18. The Morgan fingerprint density at radius 2 is 1.66 bits per heavy atom. The summed E-state index contributed by atoms with van der Waals surface area (Å²) in [7, 11) is 0. The first-order valence-corrected chi connectivity index (χ1v) is 10.5. The second-order valence-corrected chi connectivity index (χ2v) is 7.84. The van der Waals surface area contributed by atoms with Gasteiger partial charge in [-0.05, 0) is 60.2 Å². The number of quaternary nitrogens is 1. The van der Waals surface area contributed by atoms with Crippen LogP contribution in [-0.4, -0.2) is 37.7 Å². The fourth-order valence-corrected chi connectivity index (χ4v) is 4.29. The van der Waals surface area contributed by atoms with Crippen molar-refractivity contribution in [3.8, 4) is 0 Å². The molecule has 2 heterocycles. The molecule has 5 rings (SSSR count). The highest BCUT2D eigenvalue weighted by Crippen LogP contribution is 2.29. The molecule has 0 aliphatic carbocycles. The van der Waals surface area contributed by atoms with E-state index in [4.69, 9.17) is 0 Å². The molecule has 0 radical (unpaired) electrons. The van der Waals surface area contributed by atoms with E-state index in [1.807, 2.05) is 6.20 Å². The molecule has 2 N–H and O–H groups in total. The first-order chi connectivity index (χ1) is 14.3. The predicted octanol–water partition coefficient (Wildman–Crippen LogP) is 3.86. The molecule has 146 valence electrons. The number of benzene rings is 3. The van der Waals surface area contributed by atoms with E-state index in [0.29, 0.717) is 0 Å². The third kappa shape index (κ3) is 3.64. The summed E-state index contributed by atoms with van der Waals surface area (Å²) in [5.41, 5.74) is 4.53. The molecule has 4 aromatic rings. The zero-order valence-corrected chi connectivity index (χ0v) is 16.9. The Labute approximate surface area is 171 Å². The normalized spacial score (nSPS) is 15.1. The lowest BCUT2D eigenvalue weighted by molar-refractivity contribution is -0.898. The van der Waals surface area contributed by atoms with Gasteiger partial charge in [-0.2, -0.15) is 0 Å². The summed E-state index contributed by atoms with van der Waals surface area (Å²) in [4.78, 5) is 8.78. The van der Waals surface area contributed by atoms with Crippen molar-refractivity contribution in [1.29, 1.82) is 0 Å². The molecule has 1 aliphatic heterocycles. The number of aromatic nitrogens is 1. The number of likely N-dealkylation sites (N-methyl/N-ethyl adjacent to an activating group) is 1. The van der Waals surface area contributed by atoms with Crippen molar-refractivity contribution >= 4 is 38.7 Å². The molecular formula is C25H27N4+. The van der Waals surface area contributed by atoms with Crippen molar-refractivity contribution in [2.45, 2.75) is 6.92 Å². The highest BCUT2D eigenvalue weighted by molar-refractivity contribution is 6.02. The number of piperazine rings is 1. The number of rotatable bonds is 4. The summed E-state index contributed by atoms with van der Waals surface area (Å²) >= 11 is 0. The first-order valence-electron chi connectivity index (χ1n) is 10.5. The van der Waals surface area contributed by atoms with Crippen molar-refractivity contribution < 1.29 is 4.90 Å². The van der Waals surface area contributed by atoms with Gasteiger partial charge >= 0.3 is 0 Å². The van der Waals surface area contributed by atoms with E-state index in [1.54, 1.807) is 4.90 Å². The van der Waals surface area contributed by atoms with Crippen molar-refractivity contribution in [3.63, 3.8) is 0 Å². The van der Waals surface area contributed by atoms with Gasteiger partial charge in [0.2, 0.25) is 0 Å². The van der Waals surface area contributed by atoms with Gasteiger partial charge in [0.15, 0.2) is 0 Å². The van der Waals surface area contributed by atoms with Crippen molar-refractivity contribution in [1.82, 2.24) is 4.98 Å². The van der Waals surface area contributed by atoms with Crippen LogP contribution in [0, 0.1) is 0 Å². The maximum Gasteiger partial charge on any atom is 0.0949 e. The maximum atomic E-state index is 4.57. The van der Waals surface area contributed by atoms with E-state index in [0.717, 1.165) is 35.4 Å². The quantitative estimate of drug-likeness (QED) is 0.525. The Bertz CT molecular complexity index is 1130. The van der Waals surface area contributed by atoms with Crippen molar-refractivity contribution in [3.05, 3.63) is 72.9 Å². The SMILES string of the molecule is CC[NH+]1CCN(c2ccc(Nc3ccnc4cc5ccccc5cc34)cc2)CC1. The largest absolute Gasteiger partial charge is 0.360 e. The van der Waals surface area contributed by atoms with E-state index in [1.165, 1.54) is 36.1 Å². The third-order valence-corrected chi connectivity index (χ3v) is 6.09. The van der Waals surface area contributed by atoms with Crippen LogP contribution in [0.4, 0.5) is 17.1 Å². The Morgan fingerprint density at radius 3 is 2.38 bits per heavy atom. The van der Waals surface area contributed by atoms with Crippen LogP contribution < -0.4 is 15.1 Å². The molecule has 4 nitrogen and oxygen atoms in total. The van der Waals surface area contributed by atoms with Gasteiger partial charge in [0.25, 0.3) is 0 Å². The molecule has 0 spiro atoms. The summed E-state index contributed by atoms with van der Waals surface area (Å²) < 4.78 is 0. The van der Waals surface area contributed by atoms with E-state index in [2.05, 4.69) is 88.9 Å². The van der Waals surface area contributed by atoms with Gasteiger partial charge in [-0.15, -0.1) is 0 Å². The molecule has 4 heteroatoms. The number of pyridine rings is 1. The molecule has 0 amide bonds. The third-order valence-electron chi connectivity index (χ3n) is 6.09. The Morgan fingerprint density at radius 1 is 0.931 bits per heavy atom. The van der Waals surface area contributed by atoms with Gasteiger partial charge in [-0.1, -0.05) is 24.3 Å². The number of fused-ring (bicyclic) bond motifs is 2. The average Bonchev–Trinajstić information content (AvgIpc) is 2.79. The van der Waals surface area contributed by atoms with Gasteiger partial charge in [-0.3, -0.25) is 4.98 Å². The first kappa shape index (κ1) is 18.0. The van der Waals surface area contributed by atoms with Crippen LogP contribution in [0.3, 0.4) is 0 Å². The Kier molecular flexibility index (Phi) is 4.78. The lowest BCUT2D eigenvalue weighted by Crippen LogP contribution is -3.14. The van der Waals surface area contributed by atoms with E-state index < -0.39 is 0 Å². The van der Waals surface area contributed by atoms with Crippen LogP contribution in [0.25, 0.3) is 21.7 Å². The van der Waals surface area contributed by atoms with E-state index in [-0.39, 0.29) is 0 Å². The Hall–Kier alpha value is -3.11. The minimum atomic E-state index is 1.02. The molecule has 0 saturated carbocycles. The van der Waals surface area contributed by atoms with Crippen LogP contribution in [0.1, 0.15) is 6.92 Å². The fraction of sp³-hybridized carbons (Fsp3) is 0.240. The van der Waals surface area contributed by atoms with Crippen LogP contribution in [0.2, 0.25) is 0 Å². The molecular weight excluding hydrogens is 356 g/mol. The van der Waals surface area contributed by atoms with Crippen molar-refractivity contribution in [2.75, 3.05) is 42.9 Å². The van der Waals surface area contributed by atoms with Gasteiger partial charge in [0.05, 0.1) is 38.2 Å². The van der Waals surface area contributed by atoms with Crippen molar-refractivity contribution in [2.24, 2.45) is 0 Å². The molecule has 29 heavy (non-hydrogen) atoms. The fourth-order valence-electron chi connectivity index (χ4n) is 4.29. The molecule has 0 unspecified atom stereocenters. The lowest BCUT2D eigenvalue weighted by atomic mass is 10.1. The Balaban J connectivity index is 1.39. The van der Waals surface area contributed by atoms with Crippen LogP contribution in [-0.2, 0) is 0 Å². The summed E-state index contributed by atoms with van der Waals surface area (Å²) in [5.74, 6) is 0. The van der Waals surface area contributed by atoms with Gasteiger partial charge in [0, 0.05) is 28.6 Å². The summed E-state index contributed by atoms with van der Waals surface area (Å²) in [5, 5.41) is 7.20. The number of hydrogen-bond acceptors (Lipinski definition) is 3. The average molecular weight is 384 g/mol. The van der Waals surface area contributed by atoms with E-state index in [9.17, 15) is 0 Å². The zero-order valence-electron chi connectivity index (χ0n) is 16.9. The minimum absolute atomic E-state index is 1.02. The smallest absolute Gasteiger partial charge is 0.0949 e. The van der Waals surface area contributed by atoms with Crippen LogP contribution in [0.5, 0.6) is 0 Å². The molecule has 1 fully saturated rings. The summed E-state index contributed by atoms with van der Waals surface area (Å²) in [6.07, 6.45) is 1.88. The van der Waals surface area contributed by atoms with Crippen LogP contribution >= 0.6 is 0 Å². The van der Waals surface area contributed by atoms with Gasteiger partial charge < -0.3 is 15.1 Å². The molecule has 0 bridgehead atoms. The second kappa shape index (κ2) is 7.72. The molecule has 3 aromatic carbocycles. The minimum Gasteiger partial charge on any atom is -0.360 e. The monoisotopic (exact) mass is 383 g/mol. The topological polar surface area (TPSA) is 32.6 Å². The lowest BCUT2D eigenvalue weighted by Gasteiger charge is -2.33. The zero-order chi connectivity index (χ0) is 19.6. The van der Waals surface area contributed by atoms with Gasteiger partial charge in [-0.25, -0.2) is 0 Å². The predicted molar refractivity (Wildman–Crippen MR) is 122 cm³/mol. The van der Waals surface area contributed by atoms with Gasteiger partial charge in [0.1, 0.15) is 0 Å². The summed E-state index contributed by atoms with van der Waals surface area (Å²) in [6.45, 7) is 8.24. The number of anilines is 3. The standard InChI is InChI=1S/C25H26N4/c1-2-28-13-15-29(16-14-28)22-9-7-21(8-10-22)27-24-11-12-26-25-18-20-6-4-3-5-19(20)17-23(24)25/h3-12,17-18H,2,13-16H2,1H3,(H,26,27)/p+1. The molecule has 1 saturated heterocycles.